The first-order chi connectivity index (χ1) is 10.8. The van der Waals surface area contributed by atoms with E-state index in [0.29, 0.717) is 17.8 Å². The van der Waals surface area contributed by atoms with Crippen LogP contribution in [0.3, 0.4) is 0 Å². The number of pyridine rings is 1. The molecule has 1 aliphatic rings. The van der Waals surface area contributed by atoms with Crippen LogP contribution < -0.4 is 10.1 Å². The number of fused-ring (bicyclic) bond motifs is 1. The molecule has 1 aromatic carbocycles. The van der Waals surface area contributed by atoms with Gasteiger partial charge in [-0.1, -0.05) is 12.1 Å². The average molecular weight is 298 g/mol. The molecule has 0 bridgehead atoms. The molecular weight excluding hydrogens is 280 g/mol. The second-order valence-corrected chi connectivity index (χ2v) is 5.28. The molecule has 0 unspecified atom stereocenters. The Labute approximate surface area is 129 Å². The molecule has 0 saturated heterocycles. The summed E-state index contributed by atoms with van der Waals surface area (Å²) in [6.07, 6.45) is 3.56. The number of carbonyl (C=O) groups is 1. The number of aliphatic hydroxyl groups excluding tert-OH is 1. The number of rotatable bonds is 4. The van der Waals surface area contributed by atoms with Crippen LogP contribution in [0.25, 0.3) is 0 Å². The van der Waals surface area contributed by atoms with Crippen molar-refractivity contribution in [2.75, 3.05) is 6.61 Å². The standard InChI is InChI=1S/C17H18N2O3/c20-11-13-5-6-18-15(9-13)17(21)19-10-12-3-4-16-14(8-12)2-1-7-22-16/h3-6,8-9,20H,1-2,7,10-11H2,(H,19,21). The molecule has 0 atom stereocenters. The molecule has 1 amide bonds. The molecular formula is C17H18N2O3. The Kier molecular flexibility index (Phi) is 4.34. The number of benzene rings is 1. The van der Waals surface area contributed by atoms with Gasteiger partial charge in [0.1, 0.15) is 11.4 Å². The SMILES string of the molecule is O=C(NCc1ccc2c(c1)CCCO2)c1cc(CO)ccn1. The van der Waals surface area contributed by atoms with E-state index in [4.69, 9.17) is 9.84 Å². The molecule has 2 heterocycles. The molecule has 1 aromatic heterocycles. The van der Waals surface area contributed by atoms with Gasteiger partial charge in [0.2, 0.25) is 0 Å². The number of hydrogen-bond donors (Lipinski definition) is 2. The summed E-state index contributed by atoms with van der Waals surface area (Å²) in [5, 5.41) is 11.9. The van der Waals surface area contributed by atoms with Gasteiger partial charge in [0, 0.05) is 12.7 Å². The predicted molar refractivity (Wildman–Crippen MR) is 81.6 cm³/mol. The van der Waals surface area contributed by atoms with Gasteiger partial charge < -0.3 is 15.2 Å². The molecule has 2 N–H and O–H groups in total. The van der Waals surface area contributed by atoms with Crippen LogP contribution in [-0.4, -0.2) is 22.6 Å². The highest BCUT2D eigenvalue weighted by Gasteiger charge is 2.12. The molecule has 5 nitrogen and oxygen atoms in total. The number of carbonyl (C=O) groups excluding carboxylic acids is 1. The van der Waals surface area contributed by atoms with Crippen molar-refractivity contribution in [2.45, 2.75) is 26.0 Å². The van der Waals surface area contributed by atoms with Crippen molar-refractivity contribution in [2.24, 2.45) is 0 Å². The van der Waals surface area contributed by atoms with Crippen molar-refractivity contribution in [3.05, 3.63) is 58.9 Å². The summed E-state index contributed by atoms with van der Waals surface area (Å²) in [4.78, 5) is 16.1. The number of ether oxygens (including phenoxy) is 1. The zero-order valence-corrected chi connectivity index (χ0v) is 12.2. The second kappa shape index (κ2) is 6.58. The van der Waals surface area contributed by atoms with Crippen molar-refractivity contribution in [1.29, 1.82) is 0 Å². The van der Waals surface area contributed by atoms with Gasteiger partial charge in [-0.05, 0) is 47.7 Å². The zero-order chi connectivity index (χ0) is 15.4. The quantitative estimate of drug-likeness (QED) is 0.903. The van der Waals surface area contributed by atoms with Gasteiger partial charge in [0.15, 0.2) is 0 Å². The van der Waals surface area contributed by atoms with Crippen LogP contribution >= 0.6 is 0 Å². The first-order valence-corrected chi connectivity index (χ1v) is 7.35. The summed E-state index contributed by atoms with van der Waals surface area (Å²) in [5.41, 5.74) is 3.22. The number of hydrogen-bond acceptors (Lipinski definition) is 4. The van der Waals surface area contributed by atoms with E-state index in [2.05, 4.69) is 16.4 Å². The molecule has 0 aliphatic carbocycles. The minimum absolute atomic E-state index is 0.104. The van der Waals surface area contributed by atoms with Crippen LogP contribution in [0.15, 0.2) is 36.5 Å². The Bertz CT molecular complexity index is 685. The molecule has 5 heteroatoms. The van der Waals surface area contributed by atoms with Crippen LogP contribution in [0.2, 0.25) is 0 Å². The fourth-order valence-electron chi connectivity index (χ4n) is 2.49. The molecule has 0 radical (unpaired) electrons. The fraction of sp³-hybridized carbons (Fsp3) is 0.294. The predicted octanol–water partition coefficient (Wildman–Crippen LogP) is 1.83. The lowest BCUT2D eigenvalue weighted by molar-refractivity contribution is 0.0945. The van der Waals surface area contributed by atoms with E-state index < -0.39 is 0 Å². The van der Waals surface area contributed by atoms with Crippen molar-refractivity contribution in [1.82, 2.24) is 10.3 Å². The van der Waals surface area contributed by atoms with E-state index in [0.717, 1.165) is 30.8 Å². The Hall–Kier alpha value is -2.40. The Morgan fingerprint density at radius 1 is 1.27 bits per heavy atom. The Balaban J connectivity index is 1.65. The lowest BCUT2D eigenvalue weighted by Crippen LogP contribution is -2.24. The van der Waals surface area contributed by atoms with E-state index >= 15 is 0 Å². The Morgan fingerprint density at radius 3 is 3.05 bits per heavy atom. The normalized spacial score (nSPS) is 13.1. The number of aliphatic hydroxyl groups is 1. The lowest BCUT2D eigenvalue weighted by Gasteiger charge is -2.18. The fourth-order valence-corrected chi connectivity index (χ4v) is 2.49. The number of amides is 1. The van der Waals surface area contributed by atoms with Crippen LogP contribution in [0.4, 0.5) is 0 Å². The maximum absolute atomic E-state index is 12.1. The van der Waals surface area contributed by atoms with Gasteiger partial charge in [-0.15, -0.1) is 0 Å². The van der Waals surface area contributed by atoms with Crippen molar-refractivity contribution in [3.63, 3.8) is 0 Å². The molecule has 0 spiro atoms. The number of aromatic nitrogens is 1. The lowest BCUT2D eigenvalue weighted by atomic mass is 10.0. The monoisotopic (exact) mass is 298 g/mol. The maximum Gasteiger partial charge on any atom is 0.270 e. The van der Waals surface area contributed by atoms with Crippen LogP contribution in [-0.2, 0) is 19.6 Å². The van der Waals surface area contributed by atoms with Crippen LogP contribution in [0.1, 0.15) is 33.6 Å². The summed E-state index contributed by atoms with van der Waals surface area (Å²) in [7, 11) is 0. The third-order valence-electron chi connectivity index (χ3n) is 3.67. The van der Waals surface area contributed by atoms with E-state index in [-0.39, 0.29) is 12.5 Å². The number of nitrogens with one attached hydrogen (secondary N) is 1. The molecule has 22 heavy (non-hydrogen) atoms. The minimum Gasteiger partial charge on any atom is -0.493 e. The van der Waals surface area contributed by atoms with Gasteiger partial charge >= 0.3 is 0 Å². The summed E-state index contributed by atoms with van der Waals surface area (Å²) in [5.74, 6) is 0.697. The summed E-state index contributed by atoms with van der Waals surface area (Å²) in [6.45, 7) is 1.11. The van der Waals surface area contributed by atoms with Gasteiger partial charge in [0.25, 0.3) is 5.91 Å². The van der Waals surface area contributed by atoms with Crippen LogP contribution in [0, 0.1) is 0 Å². The highest BCUT2D eigenvalue weighted by Crippen LogP contribution is 2.25. The molecule has 2 aromatic rings. The van der Waals surface area contributed by atoms with Gasteiger partial charge in [-0.25, -0.2) is 0 Å². The second-order valence-electron chi connectivity index (χ2n) is 5.28. The van der Waals surface area contributed by atoms with E-state index in [9.17, 15) is 4.79 Å². The summed E-state index contributed by atoms with van der Waals surface area (Å²) < 4.78 is 5.58. The minimum atomic E-state index is -0.246. The van der Waals surface area contributed by atoms with E-state index in [1.165, 1.54) is 11.8 Å². The average Bonchev–Trinajstić information content (AvgIpc) is 2.59. The first-order valence-electron chi connectivity index (χ1n) is 7.35. The summed E-state index contributed by atoms with van der Waals surface area (Å²) >= 11 is 0. The molecule has 114 valence electrons. The smallest absolute Gasteiger partial charge is 0.270 e. The van der Waals surface area contributed by atoms with Gasteiger partial charge in [-0.3, -0.25) is 9.78 Å². The highest BCUT2D eigenvalue weighted by molar-refractivity contribution is 5.92. The topological polar surface area (TPSA) is 71.5 Å². The van der Waals surface area contributed by atoms with E-state index in [1.54, 1.807) is 12.1 Å². The highest BCUT2D eigenvalue weighted by atomic mass is 16.5. The van der Waals surface area contributed by atoms with E-state index in [1.807, 2.05) is 12.1 Å². The maximum atomic E-state index is 12.1. The molecule has 0 saturated carbocycles. The molecule has 0 fully saturated rings. The van der Waals surface area contributed by atoms with Crippen molar-refractivity contribution < 1.29 is 14.6 Å². The number of nitrogens with zero attached hydrogens (tertiary/aromatic N) is 1. The zero-order valence-electron chi connectivity index (χ0n) is 12.2. The largest absolute Gasteiger partial charge is 0.493 e. The van der Waals surface area contributed by atoms with Crippen LogP contribution in [0.5, 0.6) is 5.75 Å². The third-order valence-corrected chi connectivity index (χ3v) is 3.67. The Morgan fingerprint density at radius 2 is 2.18 bits per heavy atom. The third kappa shape index (κ3) is 3.26. The molecule has 3 rings (SSSR count). The first kappa shape index (κ1) is 14.5. The molecule has 1 aliphatic heterocycles. The van der Waals surface area contributed by atoms with Gasteiger partial charge in [0.05, 0.1) is 13.2 Å². The van der Waals surface area contributed by atoms with Crippen molar-refractivity contribution in [3.8, 4) is 5.75 Å². The number of aryl methyl sites for hydroxylation is 1. The van der Waals surface area contributed by atoms with Crippen molar-refractivity contribution >= 4 is 5.91 Å². The van der Waals surface area contributed by atoms with Gasteiger partial charge in [-0.2, -0.15) is 0 Å². The summed E-state index contributed by atoms with van der Waals surface area (Å²) in [6, 6.07) is 9.27.